The number of carbonyl (C=O) groups is 1. The second-order valence-corrected chi connectivity index (χ2v) is 4.08. The third kappa shape index (κ3) is 4.14. The van der Waals surface area contributed by atoms with Gasteiger partial charge in [0.25, 0.3) is 0 Å². The zero-order chi connectivity index (χ0) is 12.0. The van der Waals surface area contributed by atoms with Gasteiger partial charge in [-0.05, 0) is 30.7 Å². The van der Waals surface area contributed by atoms with Gasteiger partial charge in [0.2, 0.25) is 0 Å². The summed E-state index contributed by atoms with van der Waals surface area (Å²) in [5.74, 6) is -0.830. The Morgan fingerprint density at radius 3 is 3.00 bits per heavy atom. The Morgan fingerprint density at radius 1 is 1.56 bits per heavy atom. The molecule has 0 aliphatic carbocycles. The number of rotatable bonds is 4. The quantitative estimate of drug-likeness (QED) is 0.625. The van der Waals surface area contributed by atoms with Crippen LogP contribution >= 0.6 is 15.9 Å². The first-order chi connectivity index (χ1) is 7.63. The Morgan fingerprint density at radius 2 is 2.31 bits per heavy atom. The maximum absolute atomic E-state index is 13.2. The van der Waals surface area contributed by atoms with Gasteiger partial charge in [0.05, 0.1) is 6.61 Å². The highest BCUT2D eigenvalue weighted by molar-refractivity contribution is 9.10. The highest BCUT2D eigenvalue weighted by atomic mass is 79.9. The molecular weight excluding hydrogens is 275 g/mol. The van der Waals surface area contributed by atoms with Crippen LogP contribution in [0.15, 0.2) is 28.7 Å². The maximum Gasteiger partial charge on any atom is 0.330 e. The van der Waals surface area contributed by atoms with Crippen molar-refractivity contribution in [1.82, 2.24) is 0 Å². The van der Waals surface area contributed by atoms with Gasteiger partial charge in [0.15, 0.2) is 0 Å². The van der Waals surface area contributed by atoms with Crippen LogP contribution in [0.4, 0.5) is 4.39 Å². The van der Waals surface area contributed by atoms with Crippen molar-refractivity contribution in [3.8, 4) is 0 Å². The molecule has 0 aromatic heterocycles. The smallest absolute Gasteiger partial charge is 0.330 e. The molecule has 1 rings (SSSR count). The van der Waals surface area contributed by atoms with Crippen LogP contribution in [0.25, 0.3) is 6.08 Å². The van der Waals surface area contributed by atoms with Crippen LogP contribution < -0.4 is 0 Å². The Labute approximate surface area is 102 Å². The molecule has 0 aliphatic heterocycles. The molecule has 86 valence electrons. The number of ether oxygens (including phenoxy) is 1. The predicted molar refractivity (Wildman–Crippen MR) is 64.4 cm³/mol. The van der Waals surface area contributed by atoms with Crippen LogP contribution in [0.3, 0.4) is 0 Å². The number of hydrogen-bond acceptors (Lipinski definition) is 2. The molecule has 0 spiro atoms. The average molecular weight is 287 g/mol. The topological polar surface area (TPSA) is 26.3 Å². The molecule has 0 amide bonds. The van der Waals surface area contributed by atoms with Gasteiger partial charge in [-0.3, -0.25) is 0 Å². The molecule has 0 aliphatic rings. The number of hydrogen-bond donors (Lipinski definition) is 0. The first-order valence-electron chi connectivity index (χ1n) is 4.93. The molecule has 0 saturated heterocycles. The Hall–Kier alpha value is -1.16. The van der Waals surface area contributed by atoms with Gasteiger partial charge in [0.1, 0.15) is 5.82 Å². The number of esters is 1. The molecule has 0 fully saturated rings. The van der Waals surface area contributed by atoms with Gasteiger partial charge in [-0.1, -0.05) is 22.9 Å². The molecule has 0 saturated carbocycles. The zero-order valence-electron chi connectivity index (χ0n) is 8.87. The first kappa shape index (κ1) is 12.9. The third-order valence-electron chi connectivity index (χ3n) is 1.81. The van der Waals surface area contributed by atoms with E-state index in [1.807, 2.05) is 6.92 Å². The Balaban J connectivity index is 2.68. The summed E-state index contributed by atoms with van der Waals surface area (Å²) in [5.41, 5.74) is 0.350. The standard InChI is InChI=1S/C12H12BrFO2/c1-2-7-16-12(15)6-3-9-8-10(13)4-5-11(9)14/h3-6,8H,2,7H2,1H3/b6-3-. The van der Waals surface area contributed by atoms with Crippen molar-refractivity contribution in [2.24, 2.45) is 0 Å². The molecular formula is C12H12BrFO2. The van der Waals surface area contributed by atoms with E-state index in [1.54, 1.807) is 12.1 Å². The average Bonchev–Trinajstić information content (AvgIpc) is 2.27. The van der Waals surface area contributed by atoms with Gasteiger partial charge in [-0.25, -0.2) is 9.18 Å². The van der Waals surface area contributed by atoms with Crippen LogP contribution in [-0.4, -0.2) is 12.6 Å². The van der Waals surface area contributed by atoms with Crippen molar-refractivity contribution in [2.75, 3.05) is 6.61 Å². The van der Waals surface area contributed by atoms with Crippen molar-refractivity contribution < 1.29 is 13.9 Å². The van der Waals surface area contributed by atoms with E-state index in [4.69, 9.17) is 4.74 Å². The molecule has 0 atom stereocenters. The van der Waals surface area contributed by atoms with E-state index in [-0.39, 0.29) is 5.82 Å². The van der Waals surface area contributed by atoms with Crippen molar-refractivity contribution in [3.05, 3.63) is 40.1 Å². The molecule has 1 aromatic carbocycles. The van der Waals surface area contributed by atoms with E-state index < -0.39 is 5.97 Å². The van der Waals surface area contributed by atoms with Crippen molar-refractivity contribution in [1.29, 1.82) is 0 Å². The maximum atomic E-state index is 13.2. The normalized spacial score (nSPS) is 10.7. The third-order valence-corrected chi connectivity index (χ3v) is 2.30. The van der Waals surface area contributed by atoms with Crippen molar-refractivity contribution >= 4 is 28.0 Å². The second-order valence-electron chi connectivity index (χ2n) is 3.17. The summed E-state index contributed by atoms with van der Waals surface area (Å²) in [7, 11) is 0. The Bertz CT molecular complexity index is 402. The summed E-state index contributed by atoms with van der Waals surface area (Å²) in [6, 6.07) is 4.53. The lowest BCUT2D eigenvalue weighted by atomic mass is 10.2. The van der Waals surface area contributed by atoms with E-state index in [2.05, 4.69) is 15.9 Å². The molecule has 4 heteroatoms. The van der Waals surface area contributed by atoms with Crippen LogP contribution in [0, 0.1) is 5.82 Å². The lowest BCUT2D eigenvalue weighted by molar-refractivity contribution is -0.137. The van der Waals surface area contributed by atoms with Crippen LogP contribution in [0.1, 0.15) is 18.9 Å². The zero-order valence-corrected chi connectivity index (χ0v) is 10.5. The summed E-state index contributed by atoms with van der Waals surface area (Å²) < 4.78 is 18.8. The molecule has 16 heavy (non-hydrogen) atoms. The Kier molecular flexibility index (Phi) is 5.19. The summed E-state index contributed by atoms with van der Waals surface area (Å²) in [6.07, 6.45) is 3.39. The first-order valence-corrected chi connectivity index (χ1v) is 5.72. The van der Waals surface area contributed by atoms with E-state index in [9.17, 15) is 9.18 Å². The highest BCUT2D eigenvalue weighted by Crippen LogP contribution is 2.16. The number of carbonyl (C=O) groups excluding carboxylic acids is 1. The molecule has 0 bridgehead atoms. The van der Waals surface area contributed by atoms with Crippen LogP contribution in [0.5, 0.6) is 0 Å². The minimum atomic E-state index is -0.457. The molecule has 0 heterocycles. The summed E-state index contributed by atoms with van der Waals surface area (Å²) >= 11 is 3.23. The molecule has 0 radical (unpaired) electrons. The lowest BCUT2D eigenvalue weighted by Gasteiger charge is -1.99. The van der Waals surface area contributed by atoms with Crippen LogP contribution in [0.2, 0.25) is 0 Å². The molecule has 1 aromatic rings. The van der Waals surface area contributed by atoms with E-state index in [0.29, 0.717) is 12.2 Å². The molecule has 2 nitrogen and oxygen atoms in total. The summed E-state index contributed by atoms with van der Waals surface area (Å²) in [4.78, 5) is 11.1. The molecule has 0 unspecified atom stereocenters. The van der Waals surface area contributed by atoms with Crippen molar-refractivity contribution in [2.45, 2.75) is 13.3 Å². The number of benzene rings is 1. The van der Waals surface area contributed by atoms with Gasteiger partial charge < -0.3 is 4.74 Å². The number of halogens is 2. The highest BCUT2D eigenvalue weighted by Gasteiger charge is 2.00. The molecule has 0 N–H and O–H groups in total. The fourth-order valence-corrected chi connectivity index (χ4v) is 1.43. The fourth-order valence-electron chi connectivity index (χ4n) is 1.05. The monoisotopic (exact) mass is 286 g/mol. The van der Waals surface area contributed by atoms with Gasteiger partial charge in [0, 0.05) is 16.1 Å². The predicted octanol–water partition coefficient (Wildman–Crippen LogP) is 3.55. The lowest BCUT2D eigenvalue weighted by Crippen LogP contribution is -2.00. The second kappa shape index (κ2) is 6.43. The van der Waals surface area contributed by atoms with E-state index >= 15 is 0 Å². The van der Waals surface area contributed by atoms with Gasteiger partial charge in [-0.2, -0.15) is 0 Å². The van der Waals surface area contributed by atoms with Crippen LogP contribution in [-0.2, 0) is 9.53 Å². The van der Waals surface area contributed by atoms with Gasteiger partial charge >= 0.3 is 5.97 Å². The van der Waals surface area contributed by atoms with E-state index in [1.165, 1.54) is 18.2 Å². The fraction of sp³-hybridized carbons (Fsp3) is 0.250. The summed E-state index contributed by atoms with van der Waals surface area (Å²) in [5, 5.41) is 0. The minimum Gasteiger partial charge on any atom is -0.463 e. The van der Waals surface area contributed by atoms with Crippen molar-refractivity contribution in [3.63, 3.8) is 0 Å². The minimum absolute atomic E-state index is 0.350. The SMILES string of the molecule is CCCOC(=O)/C=C\c1cc(Br)ccc1F. The largest absolute Gasteiger partial charge is 0.463 e. The van der Waals surface area contributed by atoms with Gasteiger partial charge in [-0.15, -0.1) is 0 Å². The summed E-state index contributed by atoms with van der Waals surface area (Å²) in [6.45, 7) is 2.29. The van der Waals surface area contributed by atoms with E-state index in [0.717, 1.165) is 10.9 Å².